The Kier molecular flexibility index (Phi) is 5.46. The molecule has 0 bridgehead atoms. The van der Waals surface area contributed by atoms with Gasteiger partial charge in [-0.15, -0.1) is 0 Å². The first-order chi connectivity index (χ1) is 12.1. The molecule has 4 heteroatoms. The molecule has 0 saturated carbocycles. The number of halogens is 2. The zero-order chi connectivity index (χ0) is 17.6. The fourth-order valence-corrected chi connectivity index (χ4v) is 2.99. The molecule has 0 saturated heterocycles. The predicted molar refractivity (Wildman–Crippen MR) is 99.4 cm³/mol. The molecule has 2 nitrogen and oxygen atoms in total. The summed E-state index contributed by atoms with van der Waals surface area (Å²) in [5.74, 6) is -0.678. The second-order valence-electron chi connectivity index (χ2n) is 5.75. The maximum atomic E-state index is 13.1. The van der Waals surface area contributed by atoms with Crippen molar-refractivity contribution in [3.8, 4) is 0 Å². The molecule has 0 aliphatic heterocycles. The van der Waals surface area contributed by atoms with Crippen molar-refractivity contribution in [2.24, 2.45) is 0 Å². The number of hydrogen-bond donors (Lipinski definition) is 1. The Hall–Kier alpha value is -2.65. The van der Waals surface area contributed by atoms with E-state index in [9.17, 15) is 9.18 Å². The van der Waals surface area contributed by atoms with E-state index in [4.69, 9.17) is 11.6 Å². The third-order valence-electron chi connectivity index (χ3n) is 4.00. The minimum absolute atomic E-state index is 0.0679. The van der Waals surface area contributed by atoms with Gasteiger partial charge >= 0.3 is 0 Å². The van der Waals surface area contributed by atoms with Crippen LogP contribution in [-0.4, -0.2) is 5.91 Å². The van der Waals surface area contributed by atoms with Gasteiger partial charge in [0.2, 0.25) is 5.91 Å². The van der Waals surface area contributed by atoms with Crippen LogP contribution in [0.1, 0.15) is 23.5 Å². The van der Waals surface area contributed by atoms with Gasteiger partial charge in [0, 0.05) is 12.3 Å². The van der Waals surface area contributed by atoms with E-state index in [1.165, 1.54) is 18.2 Å². The molecular weight excluding hydrogens is 337 g/mol. The minimum atomic E-state index is -0.436. The van der Waals surface area contributed by atoms with E-state index >= 15 is 0 Å². The van der Waals surface area contributed by atoms with Crippen LogP contribution >= 0.6 is 11.6 Å². The summed E-state index contributed by atoms with van der Waals surface area (Å²) in [6.45, 7) is 0. The van der Waals surface area contributed by atoms with E-state index in [1.807, 2.05) is 60.7 Å². The smallest absolute Gasteiger partial charge is 0.225 e. The highest BCUT2D eigenvalue weighted by molar-refractivity contribution is 6.33. The average molecular weight is 354 g/mol. The predicted octanol–water partition coefficient (Wildman–Crippen LogP) is 5.64. The average Bonchev–Trinajstić information content (AvgIpc) is 2.63. The first-order valence-electron chi connectivity index (χ1n) is 7.98. The van der Waals surface area contributed by atoms with Crippen molar-refractivity contribution < 1.29 is 9.18 Å². The van der Waals surface area contributed by atoms with Crippen molar-refractivity contribution in [2.75, 3.05) is 5.32 Å². The van der Waals surface area contributed by atoms with Crippen molar-refractivity contribution in [3.05, 3.63) is 101 Å². The highest BCUT2D eigenvalue weighted by Gasteiger charge is 2.18. The molecule has 3 aromatic carbocycles. The van der Waals surface area contributed by atoms with Crippen LogP contribution in [0.2, 0.25) is 5.02 Å². The first-order valence-corrected chi connectivity index (χ1v) is 8.36. The van der Waals surface area contributed by atoms with Gasteiger partial charge in [-0.2, -0.15) is 0 Å². The fourth-order valence-electron chi connectivity index (χ4n) is 2.78. The largest absolute Gasteiger partial charge is 0.325 e. The summed E-state index contributed by atoms with van der Waals surface area (Å²) < 4.78 is 13.1. The summed E-state index contributed by atoms with van der Waals surface area (Å²) in [6.07, 6.45) is 0.266. The monoisotopic (exact) mass is 353 g/mol. The summed E-state index contributed by atoms with van der Waals surface area (Å²) in [5, 5.41) is 2.95. The second kappa shape index (κ2) is 7.95. The van der Waals surface area contributed by atoms with Gasteiger partial charge in [0.1, 0.15) is 5.82 Å². The van der Waals surface area contributed by atoms with Gasteiger partial charge in [-0.25, -0.2) is 4.39 Å². The third-order valence-corrected chi connectivity index (χ3v) is 4.31. The Morgan fingerprint density at radius 3 is 2.00 bits per heavy atom. The van der Waals surface area contributed by atoms with Crippen LogP contribution in [0.15, 0.2) is 78.9 Å². The third kappa shape index (κ3) is 4.46. The van der Waals surface area contributed by atoms with Gasteiger partial charge in [0.15, 0.2) is 0 Å². The van der Waals surface area contributed by atoms with E-state index in [0.29, 0.717) is 5.69 Å². The number of nitrogens with one attached hydrogen (secondary N) is 1. The van der Waals surface area contributed by atoms with Gasteiger partial charge in [0.05, 0.1) is 10.7 Å². The fraction of sp³-hybridized carbons (Fsp3) is 0.0952. The Morgan fingerprint density at radius 2 is 1.48 bits per heavy atom. The van der Waals surface area contributed by atoms with Crippen molar-refractivity contribution in [1.29, 1.82) is 0 Å². The standard InChI is InChI=1S/C21H17ClFNO/c22-19-13-17(23)11-12-20(19)24-21(25)14-18(15-7-3-1-4-8-15)16-9-5-2-6-10-16/h1-13,18H,14H2,(H,24,25). The van der Waals surface area contributed by atoms with Crippen LogP contribution in [0.25, 0.3) is 0 Å². The molecule has 0 spiro atoms. The second-order valence-corrected chi connectivity index (χ2v) is 6.16. The van der Waals surface area contributed by atoms with Gasteiger partial charge in [-0.3, -0.25) is 4.79 Å². The molecule has 3 aromatic rings. The Bertz CT molecular complexity index is 813. The van der Waals surface area contributed by atoms with E-state index in [1.54, 1.807) is 0 Å². The summed E-state index contributed by atoms with van der Waals surface area (Å²) in [5.41, 5.74) is 2.54. The van der Waals surface area contributed by atoms with E-state index < -0.39 is 5.82 Å². The molecule has 0 atom stereocenters. The van der Waals surface area contributed by atoms with Crippen LogP contribution in [-0.2, 0) is 4.79 Å². The number of benzene rings is 3. The van der Waals surface area contributed by atoms with E-state index in [-0.39, 0.29) is 23.3 Å². The normalized spacial score (nSPS) is 10.7. The zero-order valence-corrected chi connectivity index (χ0v) is 14.2. The summed E-state index contributed by atoms with van der Waals surface area (Å²) in [4.78, 5) is 12.5. The molecule has 0 aliphatic rings. The molecule has 0 unspecified atom stereocenters. The molecule has 1 amide bonds. The molecule has 25 heavy (non-hydrogen) atoms. The Labute approximate surface area is 151 Å². The Balaban J connectivity index is 1.82. The Morgan fingerprint density at radius 1 is 0.920 bits per heavy atom. The summed E-state index contributed by atoms with van der Waals surface area (Å²) >= 11 is 5.99. The lowest BCUT2D eigenvalue weighted by molar-refractivity contribution is -0.116. The summed E-state index contributed by atoms with van der Waals surface area (Å²) in [6, 6.07) is 23.7. The van der Waals surface area contributed by atoms with Crippen molar-refractivity contribution in [3.63, 3.8) is 0 Å². The van der Waals surface area contributed by atoms with Gasteiger partial charge in [0.25, 0.3) is 0 Å². The number of hydrogen-bond acceptors (Lipinski definition) is 1. The van der Waals surface area contributed by atoms with E-state index in [2.05, 4.69) is 5.32 Å². The molecule has 0 heterocycles. The first kappa shape index (κ1) is 17.2. The summed E-state index contributed by atoms with van der Waals surface area (Å²) in [7, 11) is 0. The molecule has 1 N–H and O–H groups in total. The van der Waals surface area contributed by atoms with Crippen molar-refractivity contribution in [2.45, 2.75) is 12.3 Å². The number of carbonyl (C=O) groups is 1. The van der Waals surface area contributed by atoms with Crippen LogP contribution in [0.3, 0.4) is 0 Å². The lowest BCUT2D eigenvalue weighted by Gasteiger charge is -2.18. The van der Waals surface area contributed by atoms with Gasteiger partial charge in [-0.05, 0) is 29.3 Å². The lowest BCUT2D eigenvalue weighted by atomic mass is 9.88. The van der Waals surface area contributed by atoms with Gasteiger partial charge in [-0.1, -0.05) is 72.3 Å². The topological polar surface area (TPSA) is 29.1 Å². The molecule has 126 valence electrons. The number of anilines is 1. The lowest BCUT2D eigenvalue weighted by Crippen LogP contribution is -2.16. The molecule has 0 radical (unpaired) electrons. The van der Waals surface area contributed by atoms with Crippen LogP contribution in [0.4, 0.5) is 10.1 Å². The highest BCUT2D eigenvalue weighted by atomic mass is 35.5. The highest BCUT2D eigenvalue weighted by Crippen LogP contribution is 2.29. The zero-order valence-electron chi connectivity index (χ0n) is 13.5. The molecule has 3 rings (SSSR count). The molecule has 0 fully saturated rings. The van der Waals surface area contributed by atoms with Crippen LogP contribution in [0, 0.1) is 5.82 Å². The number of rotatable bonds is 5. The van der Waals surface area contributed by atoms with Crippen LogP contribution < -0.4 is 5.32 Å². The van der Waals surface area contributed by atoms with E-state index in [0.717, 1.165) is 11.1 Å². The molecular formula is C21H17ClFNO. The molecule has 0 aromatic heterocycles. The van der Waals surface area contributed by atoms with Crippen molar-refractivity contribution in [1.82, 2.24) is 0 Å². The molecule has 0 aliphatic carbocycles. The maximum Gasteiger partial charge on any atom is 0.225 e. The number of carbonyl (C=O) groups excluding carboxylic acids is 1. The van der Waals surface area contributed by atoms with Gasteiger partial charge < -0.3 is 5.32 Å². The maximum absolute atomic E-state index is 13.1. The quantitative estimate of drug-likeness (QED) is 0.631. The minimum Gasteiger partial charge on any atom is -0.325 e. The SMILES string of the molecule is O=C(CC(c1ccccc1)c1ccccc1)Nc1ccc(F)cc1Cl. The van der Waals surface area contributed by atoms with Crippen LogP contribution in [0.5, 0.6) is 0 Å². The number of amides is 1. The van der Waals surface area contributed by atoms with Crippen molar-refractivity contribution >= 4 is 23.2 Å².